The van der Waals surface area contributed by atoms with Gasteiger partial charge in [0.2, 0.25) is 0 Å². The molecular formula is C15H24N4S. The van der Waals surface area contributed by atoms with Gasteiger partial charge in [-0.1, -0.05) is 25.6 Å². The zero-order chi connectivity index (χ0) is 15.3. The molecule has 0 radical (unpaired) electrons. The Labute approximate surface area is 126 Å². The highest BCUT2D eigenvalue weighted by molar-refractivity contribution is 7.99. The van der Waals surface area contributed by atoms with Gasteiger partial charge in [0.1, 0.15) is 5.54 Å². The fourth-order valence-corrected chi connectivity index (χ4v) is 3.29. The lowest BCUT2D eigenvalue weighted by molar-refractivity contribution is 0.429. The van der Waals surface area contributed by atoms with Gasteiger partial charge in [0.15, 0.2) is 5.16 Å². The molecule has 1 rings (SSSR count). The second-order valence-electron chi connectivity index (χ2n) is 5.41. The second-order valence-corrected chi connectivity index (χ2v) is 6.81. The quantitative estimate of drug-likeness (QED) is 0.644. The van der Waals surface area contributed by atoms with Crippen molar-refractivity contribution in [2.24, 2.45) is 0 Å². The normalized spacial score (nSPS) is 15.4. The molecule has 2 unspecified atom stereocenters. The van der Waals surface area contributed by atoms with E-state index in [4.69, 9.17) is 0 Å². The molecule has 0 aliphatic rings. The van der Waals surface area contributed by atoms with Crippen LogP contribution in [-0.4, -0.2) is 27.3 Å². The average molecular weight is 292 g/mol. The summed E-state index contributed by atoms with van der Waals surface area (Å²) in [5, 5.41) is 13.6. The van der Waals surface area contributed by atoms with E-state index in [0.29, 0.717) is 0 Å². The number of aryl methyl sites for hydroxylation is 2. The zero-order valence-corrected chi connectivity index (χ0v) is 14.1. The number of nitrogens with one attached hydrogen (secondary N) is 1. The van der Waals surface area contributed by atoms with E-state index in [2.05, 4.69) is 28.3 Å². The molecule has 0 bridgehead atoms. The zero-order valence-electron chi connectivity index (χ0n) is 13.2. The van der Waals surface area contributed by atoms with Crippen LogP contribution < -0.4 is 5.32 Å². The number of hydrogen-bond acceptors (Lipinski definition) is 5. The van der Waals surface area contributed by atoms with Gasteiger partial charge in [-0.2, -0.15) is 5.26 Å². The number of nitrogens with zero attached hydrogens (tertiary/aromatic N) is 3. The van der Waals surface area contributed by atoms with Crippen LogP contribution in [0.2, 0.25) is 0 Å². The molecule has 1 heterocycles. The van der Waals surface area contributed by atoms with Crippen LogP contribution in [0.4, 0.5) is 0 Å². The Hall–Kier alpha value is -1.12. The van der Waals surface area contributed by atoms with E-state index >= 15 is 0 Å². The van der Waals surface area contributed by atoms with Crippen LogP contribution >= 0.6 is 11.8 Å². The van der Waals surface area contributed by atoms with Gasteiger partial charge in [-0.3, -0.25) is 5.32 Å². The molecule has 4 nitrogen and oxygen atoms in total. The molecule has 0 saturated heterocycles. The highest BCUT2D eigenvalue weighted by Gasteiger charge is 2.26. The van der Waals surface area contributed by atoms with Crippen LogP contribution in [0.25, 0.3) is 0 Å². The molecule has 1 aromatic rings. The summed E-state index contributed by atoms with van der Waals surface area (Å²) >= 11 is 1.64. The number of hydrogen-bond donors (Lipinski definition) is 1. The van der Waals surface area contributed by atoms with E-state index in [-0.39, 0.29) is 5.25 Å². The van der Waals surface area contributed by atoms with Crippen molar-refractivity contribution in [2.45, 2.75) is 63.9 Å². The van der Waals surface area contributed by atoms with Gasteiger partial charge >= 0.3 is 0 Å². The van der Waals surface area contributed by atoms with Gasteiger partial charge in [0.05, 0.1) is 6.07 Å². The predicted molar refractivity (Wildman–Crippen MR) is 83.9 cm³/mol. The van der Waals surface area contributed by atoms with Gasteiger partial charge in [0.25, 0.3) is 0 Å². The van der Waals surface area contributed by atoms with Crippen LogP contribution in [0, 0.1) is 32.1 Å². The second kappa shape index (κ2) is 7.05. The molecule has 1 aromatic heterocycles. The summed E-state index contributed by atoms with van der Waals surface area (Å²) in [6.45, 7) is 12.9. The standard InChI is InChI=1S/C15H24N4S/c1-7-17-15(6,9-16)8-10(2)20-14-18-12(4)11(3)13(5)19-14/h10,17H,7-8H2,1-6H3. The third kappa shape index (κ3) is 4.46. The lowest BCUT2D eigenvalue weighted by Crippen LogP contribution is -2.42. The molecule has 20 heavy (non-hydrogen) atoms. The molecule has 2 atom stereocenters. The van der Waals surface area contributed by atoms with Gasteiger partial charge in [-0.15, -0.1) is 0 Å². The molecule has 110 valence electrons. The van der Waals surface area contributed by atoms with E-state index in [1.807, 2.05) is 34.6 Å². The van der Waals surface area contributed by atoms with Gasteiger partial charge in [-0.05, 0) is 46.2 Å². The van der Waals surface area contributed by atoms with E-state index < -0.39 is 5.54 Å². The van der Waals surface area contributed by atoms with Crippen molar-refractivity contribution in [1.82, 2.24) is 15.3 Å². The molecule has 5 heteroatoms. The van der Waals surface area contributed by atoms with E-state index in [0.717, 1.165) is 35.1 Å². The van der Waals surface area contributed by atoms with Crippen molar-refractivity contribution in [3.63, 3.8) is 0 Å². The minimum atomic E-state index is -0.490. The summed E-state index contributed by atoms with van der Waals surface area (Å²) in [5.41, 5.74) is 2.72. The van der Waals surface area contributed by atoms with Crippen LogP contribution in [0.3, 0.4) is 0 Å². The van der Waals surface area contributed by atoms with Crippen LogP contribution in [0.15, 0.2) is 5.16 Å². The van der Waals surface area contributed by atoms with E-state index in [1.165, 1.54) is 0 Å². The minimum Gasteiger partial charge on any atom is -0.300 e. The van der Waals surface area contributed by atoms with Crippen LogP contribution in [0.1, 0.15) is 44.1 Å². The molecule has 0 aliphatic carbocycles. The third-order valence-electron chi connectivity index (χ3n) is 3.43. The monoisotopic (exact) mass is 292 g/mol. The van der Waals surface area contributed by atoms with Crippen molar-refractivity contribution >= 4 is 11.8 Å². The van der Waals surface area contributed by atoms with E-state index in [9.17, 15) is 5.26 Å². The summed E-state index contributed by atoms with van der Waals surface area (Å²) < 4.78 is 0. The Morgan fingerprint density at radius 1 is 1.30 bits per heavy atom. The average Bonchev–Trinajstić information content (AvgIpc) is 2.35. The minimum absolute atomic E-state index is 0.278. The maximum atomic E-state index is 9.30. The first-order chi connectivity index (χ1) is 9.31. The summed E-state index contributed by atoms with van der Waals surface area (Å²) in [7, 11) is 0. The summed E-state index contributed by atoms with van der Waals surface area (Å²) in [4.78, 5) is 9.05. The molecule has 0 aliphatic heterocycles. The van der Waals surface area contributed by atoms with Crippen molar-refractivity contribution in [2.75, 3.05) is 6.54 Å². The molecule has 0 fully saturated rings. The van der Waals surface area contributed by atoms with Crippen molar-refractivity contribution in [3.05, 3.63) is 17.0 Å². The molecule has 0 spiro atoms. The first kappa shape index (κ1) is 16.9. The highest BCUT2D eigenvalue weighted by atomic mass is 32.2. The summed E-state index contributed by atoms with van der Waals surface area (Å²) in [6, 6.07) is 2.36. The van der Waals surface area contributed by atoms with Crippen LogP contribution in [-0.2, 0) is 0 Å². The lowest BCUT2D eigenvalue weighted by Gasteiger charge is -2.25. The summed E-state index contributed by atoms with van der Waals surface area (Å²) in [5.74, 6) is 0. The smallest absolute Gasteiger partial charge is 0.188 e. The number of nitriles is 1. The molecule has 0 amide bonds. The Bertz CT molecular complexity index is 486. The van der Waals surface area contributed by atoms with E-state index in [1.54, 1.807) is 11.8 Å². The Kier molecular flexibility index (Phi) is 5.97. The molecule has 1 N–H and O–H groups in total. The SMILES string of the molecule is CCNC(C)(C#N)CC(C)Sc1nc(C)c(C)c(C)n1. The topological polar surface area (TPSA) is 61.6 Å². The molecular weight excluding hydrogens is 268 g/mol. The maximum Gasteiger partial charge on any atom is 0.188 e. The van der Waals surface area contributed by atoms with Crippen LogP contribution in [0.5, 0.6) is 0 Å². The highest BCUT2D eigenvalue weighted by Crippen LogP contribution is 2.27. The van der Waals surface area contributed by atoms with Gasteiger partial charge < -0.3 is 0 Å². The fourth-order valence-electron chi connectivity index (χ4n) is 2.14. The number of thioether (sulfide) groups is 1. The maximum absolute atomic E-state index is 9.30. The first-order valence-corrected chi connectivity index (χ1v) is 7.84. The summed E-state index contributed by atoms with van der Waals surface area (Å²) in [6.07, 6.45) is 0.761. The fraction of sp³-hybridized carbons (Fsp3) is 0.667. The largest absolute Gasteiger partial charge is 0.300 e. The van der Waals surface area contributed by atoms with Gasteiger partial charge in [-0.25, -0.2) is 9.97 Å². The Balaban J connectivity index is 2.76. The third-order valence-corrected chi connectivity index (χ3v) is 4.39. The predicted octanol–water partition coefficient (Wildman–Crippen LogP) is 3.16. The molecule has 0 saturated carbocycles. The van der Waals surface area contributed by atoms with Crippen molar-refractivity contribution < 1.29 is 0 Å². The van der Waals surface area contributed by atoms with Crippen molar-refractivity contribution in [1.29, 1.82) is 5.26 Å². The van der Waals surface area contributed by atoms with Crippen molar-refractivity contribution in [3.8, 4) is 6.07 Å². The number of aromatic nitrogens is 2. The van der Waals surface area contributed by atoms with Gasteiger partial charge in [0, 0.05) is 16.6 Å². The Morgan fingerprint density at radius 2 is 1.85 bits per heavy atom. The number of rotatable bonds is 6. The first-order valence-electron chi connectivity index (χ1n) is 6.96. The lowest BCUT2D eigenvalue weighted by atomic mass is 9.98. The molecule has 0 aromatic carbocycles. The Morgan fingerprint density at radius 3 is 2.30 bits per heavy atom.